The highest BCUT2D eigenvalue weighted by molar-refractivity contribution is 5.95. The Morgan fingerprint density at radius 3 is 2.13 bits per heavy atom. The molecule has 1 aliphatic heterocycles. The number of hydrogen-bond donors (Lipinski definition) is 3. The molecule has 1 saturated heterocycles. The fourth-order valence-electron chi connectivity index (χ4n) is 9.27. The van der Waals surface area contributed by atoms with Crippen molar-refractivity contribution in [2.24, 2.45) is 16.7 Å². The SMILES string of the molecule is CC(=O)O[C@H]1C(=O)[C@@]2(C)[C@H]([C@H](OC(=O)c3ccccc3)[C@]3(O)C[C@H](OC(=O)C[C@@H]([NH3+])c4ccccc4)C(C)=C1C3(C)C)[C@]1(OC(C)=O)CO[C@@H]1C[C@@H]2O. The molecule has 0 aromatic heterocycles. The normalized spacial score (nSPS) is 34.8. The number of hydrogen-bond acceptors (Lipinski definition) is 12. The van der Waals surface area contributed by atoms with E-state index in [0.717, 1.165) is 12.5 Å². The molecule has 0 amide bonds. The molecule has 10 atom stereocenters. The molecule has 6 rings (SSSR count). The minimum Gasteiger partial charge on any atom is -0.458 e. The van der Waals surface area contributed by atoms with Gasteiger partial charge in [0.2, 0.25) is 0 Å². The molecule has 5 N–H and O–H groups in total. The molecular formula is C40H48NO12+. The molecule has 4 aliphatic rings. The molecule has 0 spiro atoms. The molecule has 2 bridgehead atoms. The lowest BCUT2D eigenvalue weighted by Crippen LogP contribution is -2.82. The van der Waals surface area contributed by atoms with Crippen LogP contribution < -0.4 is 5.73 Å². The first-order valence-corrected chi connectivity index (χ1v) is 17.9. The topological polar surface area (TPSA) is 200 Å². The third-order valence-corrected chi connectivity index (χ3v) is 12.1. The zero-order valence-electron chi connectivity index (χ0n) is 30.8. The van der Waals surface area contributed by atoms with Crippen LogP contribution in [0, 0.1) is 16.7 Å². The van der Waals surface area contributed by atoms with E-state index in [1.807, 2.05) is 30.3 Å². The van der Waals surface area contributed by atoms with E-state index in [2.05, 4.69) is 5.73 Å². The first kappa shape index (κ1) is 38.3. The first-order valence-electron chi connectivity index (χ1n) is 17.9. The van der Waals surface area contributed by atoms with Crippen LogP contribution in [0.3, 0.4) is 0 Å². The average Bonchev–Trinajstić information content (AvgIpc) is 3.10. The van der Waals surface area contributed by atoms with Gasteiger partial charge < -0.3 is 39.6 Å². The second-order valence-corrected chi connectivity index (χ2v) is 15.5. The summed E-state index contributed by atoms with van der Waals surface area (Å²) >= 11 is 0. The maximum atomic E-state index is 15.3. The fourth-order valence-corrected chi connectivity index (χ4v) is 9.27. The maximum absolute atomic E-state index is 15.3. The standard InChI is InChI=1S/C40H47NO12/c1-21-27(51-30(45)17-26(41)24-13-9-7-10-14-24)19-40(48)35(52-36(47)25-15-11-8-12-16-25)33-38(6,28(44)18-29-39(33,20-49-29)53-23(3)43)34(46)32(50-22(2)42)31(21)37(40,4)5/h7-16,26-29,32-33,35,44,48H,17-20,41H2,1-6H3/p+1/t26-,27+,28+,29-,32-,33+,35+,38-,39+,40-/m1/s1. The molecule has 53 heavy (non-hydrogen) atoms. The lowest BCUT2D eigenvalue weighted by Gasteiger charge is -2.67. The third kappa shape index (κ3) is 6.17. The molecule has 3 aliphatic carbocycles. The van der Waals surface area contributed by atoms with Gasteiger partial charge in [-0.15, -0.1) is 0 Å². The van der Waals surface area contributed by atoms with Crippen LogP contribution in [0.5, 0.6) is 0 Å². The number of quaternary nitrogens is 1. The van der Waals surface area contributed by atoms with Gasteiger partial charge in [-0.3, -0.25) is 19.2 Å². The Morgan fingerprint density at radius 1 is 0.943 bits per heavy atom. The number of esters is 4. The largest absolute Gasteiger partial charge is 0.458 e. The van der Waals surface area contributed by atoms with Gasteiger partial charge in [0, 0.05) is 37.7 Å². The summed E-state index contributed by atoms with van der Waals surface area (Å²) < 4.78 is 30.2. The van der Waals surface area contributed by atoms with Crippen molar-refractivity contribution in [2.75, 3.05) is 6.61 Å². The quantitative estimate of drug-likeness (QED) is 0.204. The number of ether oxygens (including phenoxy) is 5. The minimum absolute atomic E-state index is 0.120. The number of carbonyl (C=O) groups is 5. The summed E-state index contributed by atoms with van der Waals surface area (Å²) in [5, 5.41) is 25.4. The van der Waals surface area contributed by atoms with Crippen molar-refractivity contribution in [1.82, 2.24) is 0 Å². The molecule has 2 saturated carbocycles. The number of ketones is 1. The maximum Gasteiger partial charge on any atom is 0.338 e. The van der Waals surface area contributed by atoms with Crippen LogP contribution in [0.1, 0.15) is 82.8 Å². The van der Waals surface area contributed by atoms with Crippen molar-refractivity contribution < 1.29 is 63.6 Å². The van der Waals surface area contributed by atoms with Gasteiger partial charge in [0.25, 0.3) is 0 Å². The van der Waals surface area contributed by atoms with Gasteiger partial charge in [0.1, 0.15) is 36.4 Å². The Kier molecular flexibility index (Phi) is 9.95. The fraction of sp³-hybridized carbons (Fsp3) is 0.525. The van der Waals surface area contributed by atoms with E-state index >= 15 is 4.79 Å². The second kappa shape index (κ2) is 13.8. The number of Topliss-reactive ketones (excluding diaryl/α,β-unsaturated/α-hetero) is 1. The van der Waals surface area contributed by atoms with Gasteiger partial charge in [-0.25, -0.2) is 4.79 Å². The number of carbonyl (C=O) groups excluding carboxylic acids is 5. The Hall–Kier alpha value is -4.43. The molecule has 284 valence electrons. The van der Waals surface area contributed by atoms with Crippen molar-refractivity contribution in [2.45, 2.75) is 109 Å². The molecule has 2 aromatic carbocycles. The van der Waals surface area contributed by atoms with E-state index in [1.165, 1.54) is 26.0 Å². The van der Waals surface area contributed by atoms with Crippen molar-refractivity contribution in [3.63, 3.8) is 0 Å². The summed E-state index contributed by atoms with van der Waals surface area (Å²) in [6.45, 7) is 8.44. The average molecular weight is 735 g/mol. The molecule has 2 aromatic rings. The lowest BCUT2D eigenvalue weighted by atomic mass is 9.44. The van der Waals surface area contributed by atoms with Gasteiger partial charge in [-0.2, -0.15) is 0 Å². The monoisotopic (exact) mass is 734 g/mol. The number of benzene rings is 2. The van der Waals surface area contributed by atoms with Crippen LogP contribution in [-0.2, 0) is 42.9 Å². The predicted molar refractivity (Wildman–Crippen MR) is 185 cm³/mol. The van der Waals surface area contributed by atoms with Crippen LogP contribution in [-0.4, -0.2) is 88.2 Å². The van der Waals surface area contributed by atoms with Gasteiger partial charge in [-0.05, 0) is 37.1 Å². The van der Waals surface area contributed by atoms with Crippen LogP contribution in [0.2, 0.25) is 0 Å². The highest BCUT2D eigenvalue weighted by Gasteiger charge is 2.78. The summed E-state index contributed by atoms with van der Waals surface area (Å²) in [6.07, 6.45) is -7.60. The Labute approximate surface area is 307 Å². The predicted octanol–water partition coefficient (Wildman–Crippen LogP) is 2.58. The number of fused-ring (bicyclic) bond motifs is 5. The van der Waals surface area contributed by atoms with E-state index in [4.69, 9.17) is 23.7 Å². The Balaban J connectivity index is 1.57. The molecule has 0 unspecified atom stereocenters. The van der Waals surface area contributed by atoms with Crippen molar-refractivity contribution in [3.8, 4) is 0 Å². The lowest BCUT2D eigenvalue weighted by molar-refractivity contribution is -0.426. The summed E-state index contributed by atoms with van der Waals surface area (Å²) in [5.74, 6) is -5.25. The van der Waals surface area contributed by atoms with Crippen molar-refractivity contribution in [3.05, 3.63) is 82.9 Å². The zero-order chi connectivity index (χ0) is 38.7. The van der Waals surface area contributed by atoms with E-state index < -0.39 is 94.2 Å². The minimum atomic E-state index is -2.21. The number of aliphatic hydroxyl groups excluding tert-OH is 1. The van der Waals surface area contributed by atoms with Crippen molar-refractivity contribution >= 4 is 29.7 Å². The molecular weight excluding hydrogens is 686 g/mol. The van der Waals surface area contributed by atoms with Gasteiger partial charge in [0.05, 0.1) is 29.6 Å². The second-order valence-electron chi connectivity index (χ2n) is 15.5. The summed E-state index contributed by atoms with van der Waals surface area (Å²) in [5.41, 5.74) is -1.80. The highest BCUT2D eigenvalue weighted by Crippen LogP contribution is 2.64. The van der Waals surface area contributed by atoms with Crippen LogP contribution in [0.4, 0.5) is 0 Å². The first-order chi connectivity index (χ1) is 24.9. The molecule has 0 radical (unpaired) electrons. The van der Waals surface area contributed by atoms with Gasteiger partial charge >= 0.3 is 23.9 Å². The number of rotatable bonds is 8. The zero-order valence-corrected chi connectivity index (χ0v) is 30.8. The summed E-state index contributed by atoms with van der Waals surface area (Å²) in [7, 11) is 0. The highest BCUT2D eigenvalue weighted by atomic mass is 16.6. The summed E-state index contributed by atoms with van der Waals surface area (Å²) in [4.78, 5) is 68.7. The van der Waals surface area contributed by atoms with Crippen LogP contribution >= 0.6 is 0 Å². The smallest absolute Gasteiger partial charge is 0.338 e. The molecule has 13 nitrogen and oxygen atoms in total. The molecule has 1 heterocycles. The molecule has 3 fully saturated rings. The Morgan fingerprint density at radius 2 is 1.57 bits per heavy atom. The van der Waals surface area contributed by atoms with E-state index in [-0.39, 0.29) is 37.0 Å². The molecule has 13 heteroatoms. The summed E-state index contributed by atoms with van der Waals surface area (Å²) in [6, 6.07) is 16.8. The van der Waals surface area contributed by atoms with E-state index in [9.17, 15) is 29.4 Å². The van der Waals surface area contributed by atoms with Gasteiger partial charge in [-0.1, -0.05) is 62.4 Å². The Bertz CT molecular complexity index is 1830. The van der Waals surface area contributed by atoms with E-state index in [1.54, 1.807) is 39.0 Å². The van der Waals surface area contributed by atoms with Gasteiger partial charge in [0.15, 0.2) is 17.5 Å². The van der Waals surface area contributed by atoms with E-state index in [0.29, 0.717) is 5.57 Å². The van der Waals surface area contributed by atoms with Crippen molar-refractivity contribution in [1.29, 1.82) is 0 Å². The third-order valence-electron chi connectivity index (χ3n) is 12.1. The number of aliphatic hydroxyl groups is 2. The van der Waals surface area contributed by atoms with Crippen LogP contribution in [0.15, 0.2) is 71.8 Å². The van der Waals surface area contributed by atoms with Crippen LogP contribution in [0.25, 0.3) is 0 Å².